The van der Waals surface area contributed by atoms with Crippen molar-refractivity contribution in [3.8, 4) is 0 Å². The first-order valence-corrected chi connectivity index (χ1v) is 8.09. The molecule has 3 nitrogen and oxygen atoms in total. The highest BCUT2D eigenvalue weighted by Crippen LogP contribution is 2.24. The van der Waals surface area contributed by atoms with Crippen LogP contribution in [0.15, 0.2) is 23.8 Å². The number of rotatable bonds is 5. The average molecular weight is 291 g/mol. The van der Waals surface area contributed by atoms with E-state index in [9.17, 15) is 0 Å². The van der Waals surface area contributed by atoms with E-state index in [2.05, 4.69) is 61.4 Å². The van der Waals surface area contributed by atoms with Crippen molar-refractivity contribution >= 4 is 11.3 Å². The lowest BCUT2D eigenvalue weighted by Crippen LogP contribution is -2.14. The van der Waals surface area contributed by atoms with Gasteiger partial charge in [-0.2, -0.15) is 0 Å². The van der Waals surface area contributed by atoms with Gasteiger partial charge in [0.25, 0.3) is 0 Å². The summed E-state index contributed by atoms with van der Waals surface area (Å²) >= 11 is 1.75. The van der Waals surface area contributed by atoms with Gasteiger partial charge in [-0.05, 0) is 25.1 Å². The van der Waals surface area contributed by atoms with Crippen molar-refractivity contribution in [3.05, 3.63) is 40.1 Å². The molecule has 110 valence electrons. The number of nitrogens with one attached hydrogen (secondary N) is 1. The molecule has 0 bridgehead atoms. The quantitative estimate of drug-likeness (QED) is 0.903. The Hall–Kier alpha value is -1.13. The number of hydrogen-bond donors (Lipinski definition) is 1. The standard InChI is InChI=1S/C16H25N3S/c1-6-13(17-5)12-7-8-19(9-12)10-15-18-14(11-20-15)16(2,3)4/h7-9,11,13,17H,6,10H2,1-5H3. The Morgan fingerprint density at radius 2 is 2.15 bits per heavy atom. The fraction of sp³-hybridized carbons (Fsp3) is 0.562. The molecule has 0 aliphatic carbocycles. The fourth-order valence-corrected chi connectivity index (χ4v) is 3.28. The molecular formula is C16H25N3S. The fourth-order valence-electron chi connectivity index (χ4n) is 2.25. The Bertz CT molecular complexity index is 544. The van der Waals surface area contributed by atoms with Gasteiger partial charge in [0.2, 0.25) is 0 Å². The van der Waals surface area contributed by atoms with Crippen LogP contribution >= 0.6 is 11.3 Å². The smallest absolute Gasteiger partial charge is 0.113 e. The van der Waals surface area contributed by atoms with Crippen LogP contribution in [0.5, 0.6) is 0 Å². The van der Waals surface area contributed by atoms with Crippen LogP contribution in [0.3, 0.4) is 0 Å². The van der Waals surface area contributed by atoms with E-state index >= 15 is 0 Å². The van der Waals surface area contributed by atoms with Crippen LogP contribution in [-0.2, 0) is 12.0 Å². The molecular weight excluding hydrogens is 266 g/mol. The highest BCUT2D eigenvalue weighted by atomic mass is 32.1. The molecule has 2 aromatic rings. The zero-order valence-electron chi connectivity index (χ0n) is 13.1. The van der Waals surface area contributed by atoms with E-state index in [4.69, 9.17) is 4.98 Å². The molecule has 0 spiro atoms. The Balaban J connectivity index is 2.09. The average Bonchev–Trinajstić information content (AvgIpc) is 3.00. The Morgan fingerprint density at radius 1 is 1.40 bits per heavy atom. The van der Waals surface area contributed by atoms with Crippen molar-refractivity contribution in [2.24, 2.45) is 0 Å². The van der Waals surface area contributed by atoms with Crippen LogP contribution in [0.25, 0.3) is 0 Å². The minimum Gasteiger partial charge on any atom is -0.347 e. The molecule has 0 radical (unpaired) electrons. The highest BCUT2D eigenvalue weighted by Gasteiger charge is 2.17. The minimum atomic E-state index is 0.135. The predicted octanol–water partition coefficient (Wildman–Crippen LogP) is 3.96. The van der Waals surface area contributed by atoms with E-state index < -0.39 is 0 Å². The van der Waals surface area contributed by atoms with Gasteiger partial charge in [0.05, 0.1) is 12.2 Å². The third-order valence-corrected chi connectivity index (χ3v) is 4.40. The normalized spacial score (nSPS) is 13.7. The summed E-state index contributed by atoms with van der Waals surface area (Å²) in [6.07, 6.45) is 5.47. The summed E-state index contributed by atoms with van der Waals surface area (Å²) in [7, 11) is 2.02. The van der Waals surface area contributed by atoms with Crippen molar-refractivity contribution in [1.82, 2.24) is 14.9 Å². The zero-order valence-corrected chi connectivity index (χ0v) is 13.9. The lowest BCUT2D eigenvalue weighted by Gasteiger charge is -2.14. The molecule has 1 N–H and O–H groups in total. The summed E-state index contributed by atoms with van der Waals surface area (Å²) in [5.41, 5.74) is 2.67. The summed E-state index contributed by atoms with van der Waals surface area (Å²) < 4.78 is 2.22. The third kappa shape index (κ3) is 3.49. The van der Waals surface area contributed by atoms with Crippen molar-refractivity contribution in [2.75, 3.05) is 7.05 Å². The monoisotopic (exact) mass is 291 g/mol. The van der Waals surface area contributed by atoms with Gasteiger partial charge in [0.15, 0.2) is 0 Å². The van der Waals surface area contributed by atoms with Gasteiger partial charge in [-0.25, -0.2) is 4.98 Å². The summed E-state index contributed by atoms with van der Waals surface area (Å²) in [6.45, 7) is 9.69. The van der Waals surface area contributed by atoms with E-state index in [-0.39, 0.29) is 5.41 Å². The van der Waals surface area contributed by atoms with Crippen molar-refractivity contribution < 1.29 is 0 Å². The maximum atomic E-state index is 4.75. The number of nitrogens with zero attached hydrogens (tertiary/aromatic N) is 2. The molecule has 0 saturated carbocycles. The van der Waals surface area contributed by atoms with Gasteiger partial charge in [0, 0.05) is 29.2 Å². The summed E-state index contributed by atoms with van der Waals surface area (Å²) in [5.74, 6) is 0. The van der Waals surface area contributed by atoms with E-state index in [0.29, 0.717) is 6.04 Å². The van der Waals surface area contributed by atoms with Gasteiger partial charge in [-0.1, -0.05) is 27.7 Å². The molecule has 0 amide bonds. The second kappa shape index (κ2) is 6.10. The van der Waals surface area contributed by atoms with E-state index in [1.807, 2.05) is 7.05 Å². The van der Waals surface area contributed by atoms with Crippen LogP contribution < -0.4 is 5.32 Å². The predicted molar refractivity (Wildman–Crippen MR) is 86.4 cm³/mol. The molecule has 1 atom stereocenters. The molecule has 0 aliphatic heterocycles. The molecule has 0 fully saturated rings. The maximum Gasteiger partial charge on any atom is 0.113 e. The molecule has 0 aromatic carbocycles. The lowest BCUT2D eigenvalue weighted by molar-refractivity contribution is 0.568. The molecule has 0 aliphatic rings. The molecule has 2 rings (SSSR count). The highest BCUT2D eigenvalue weighted by molar-refractivity contribution is 7.09. The number of aromatic nitrogens is 2. The van der Waals surface area contributed by atoms with Crippen LogP contribution in [0.4, 0.5) is 0 Å². The van der Waals surface area contributed by atoms with Gasteiger partial charge in [0.1, 0.15) is 5.01 Å². The second-order valence-electron chi connectivity index (χ2n) is 6.24. The number of hydrogen-bond acceptors (Lipinski definition) is 3. The molecule has 2 aromatic heterocycles. The zero-order chi connectivity index (χ0) is 14.8. The van der Waals surface area contributed by atoms with Crippen LogP contribution in [0, 0.1) is 0 Å². The van der Waals surface area contributed by atoms with Crippen LogP contribution in [0.2, 0.25) is 0 Å². The SMILES string of the molecule is CCC(NC)c1ccn(Cc2nc(C(C)(C)C)cs2)c1. The van der Waals surface area contributed by atoms with Crippen LogP contribution in [-0.4, -0.2) is 16.6 Å². The Morgan fingerprint density at radius 3 is 2.70 bits per heavy atom. The largest absolute Gasteiger partial charge is 0.347 e. The van der Waals surface area contributed by atoms with E-state index in [0.717, 1.165) is 13.0 Å². The Labute approximate surface area is 126 Å². The summed E-state index contributed by atoms with van der Waals surface area (Å²) in [5, 5.41) is 6.70. The van der Waals surface area contributed by atoms with Gasteiger partial charge in [-0.15, -0.1) is 11.3 Å². The van der Waals surface area contributed by atoms with Gasteiger partial charge in [-0.3, -0.25) is 0 Å². The topological polar surface area (TPSA) is 29.9 Å². The van der Waals surface area contributed by atoms with E-state index in [1.54, 1.807) is 11.3 Å². The number of thiazole rings is 1. The third-order valence-electron chi connectivity index (χ3n) is 3.57. The Kier molecular flexibility index (Phi) is 4.66. The maximum absolute atomic E-state index is 4.75. The van der Waals surface area contributed by atoms with Gasteiger partial charge >= 0.3 is 0 Å². The molecule has 4 heteroatoms. The molecule has 20 heavy (non-hydrogen) atoms. The lowest BCUT2D eigenvalue weighted by atomic mass is 9.93. The molecule has 0 saturated heterocycles. The van der Waals surface area contributed by atoms with Crippen molar-refractivity contribution in [1.29, 1.82) is 0 Å². The first kappa shape index (κ1) is 15.3. The molecule has 2 heterocycles. The summed E-state index contributed by atoms with van der Waals surface area (Å²) in [6, 6.07) is 2.64. The van der Waals surface area contributed by atoms with Crippen LogP contribution in [0.1, 0.15) is 56.4 Å². The van der Waals surface area contributed by atoms with E-state index in [1.165, 1.54) is 16.3 Å². The van der Waals surface area contributed by atoms with Gasteiger partial charge < -0.3 is 9.88 Å². The first-order valence-electron chi connectivity index (χ1n) is 7.22. The minimum absolute atomic E-state index is 0.135. The van der Waals surface area contributed by atoms with Crippen molar-refractivity contribution in [3.63, 3.8) is 0 Å². The molecule has 1 unspecified atom stereocenters. The second-order valence-corrected chi connectivity index (χ2v) is 7.19. The summed E-state index contributed by atoms with van der Waals surface area (Å²) in [4.78, 5) is 4.75. The first-order chi connectivity index (χ1) is 9.44. The van der Waals surface area contributed by atoms with Crippen molar-refractivity contribution in [2.45, 2.75) is 52.1 Å².